The van der Waals surface area contributed by atoms with Crippen LogP contribution in [-0.4, -0.2) is 17.0 Å². The normalized spacial score (nSPS) is 49.2. The summed E-state index contributed by atoms with van der Waals surface area (Å²) >= 11 is 0. The number of halogens is 2. The van der Waals surface area contributed by atoms with Crippen LogP contribution in [0.15, 0.2) is 35.5 Å². The van der Waals surface area contributed by atoms with Gasteiger partial charge in [0.25, 0.3) is 0 Å². The Kier molecular flexibility index (Phi) is 3.44. The fraction of sp³-hybridized carbons (Fsp3) is 0.650. The molecule has 0 saturated heterocycles. The molecule has 1 N–H and O–H groups in total. The van der Waals surface area contributed by atoms with Crippen molar-refractivity contribution in [2.45, 2.75) is 52.1 Å². The Morgan fingerprint density at radius 2 is 2.00 bits per heavy atom. The smallest absolute Gasteiger partial charge is 0.214 e. The molecule has 6 atom stereocenters. The zero-order valence-corrected chi connectivity index (χ0v) is 14.2. The van der Waals surface area contributed by atoms with E-state index in [2.05, 4.69) is 6.92 Å². The number of rotatable bonds is 0. The second kappa shape index (κ2) is 5.10. The second-order valence-corrected chi connectivity index (χ2v) is 8.52. The van der Waals surface area contributed by atoms with Crippen LogP contribution in [0.1, 0.15) is 46.0 Å². The van der Waals surface area contributed by atoms with Gasteiger partial charge in [0, 0.05) is 11.0 Å². The van der Waals surface area contributed by atoms with Crippen LogP contribution in [0.2, 0.25) is 0 Å². The lowest BCUT2D eigenvalue weighted by atomic mass is 9.47. The molecule has 4 aliphatic rings. The van der Waals surface area contributed by atoms with Gasteiger partial charge in [-0.3, -0.25) is 4.79 Å². The molecule has 0 aromatic heterocycles. The van der Waals surface area contributed by atoms with E-state index in [1.165, 1.54) is 6.08 Å². The van der Waals surface area contributed by atoms with Crippen LogP contribution >= 0.6 is 0 Å². The van der Waals surface area contributed by atoms with Gasteiger partial charge < -0.3 is 5.11 Å². The van der Waals surface area contributed by atoms with Gasteiger partial charge >= 0.3 is 0 Å². The fourth-order valence-corrected chi connectivity index (χ4v) is 6.31. The maximum atomic E-state index is 14.6. The van der Waals surface area contributed by atoms with E-state index < -0.39 is 17.0 Å². The maximum Gasteiger partial charge on any atom is 0.214 e. The van der Waals surface area contributed by atoms with Gasteiger partial charge in [0.2, 0.25) is 5.78 Å². The summed E-state index contributed by atoms with van der Waals surface area (Å²) in [5.41, 5.74) is -0.152. The topological polar surface area (TPSA) is 37.3 Å². The molecule has 0 unspecified atom stereocenters. The van der Waals surface area contributed by atoms with E-state index in [9.17, 15) is 18.7 Å². The van der Waals surface area contributed by atoms with Crippen molar-refractivity contribution in [3.05, 3.63) is 35.5 Å². The third-order valence-corrected chi connectivity index (χ3v) is 7.62. The Labute approximate surface area is 141 Å². The molecule has 3 fully saturated rings. The number of fused-ring (bicyclic) bond motifs is 5. The molecule has 0 bridgehead atoms. The van der Waals surface area contributed by atoms with Crippen molar-refractivity contribution in [3.8, 4) is 0 Å². The quantitative estimate of drug-likeness (QED) is 0.712. The minimum absolute atomic E-state index is 0.118. The summed E-state index contributed by atoms with van der Waals surface area (Å²) in [6.45, 7) is 4.10. The summed E-state index contributed by atoms with van der Waals surface area (Å²) in [6.07, 6.45) is 7.28. The van der Waals surface area contributed by atoms with E-state index in [1.54, 1.807) is 6.08 Å². The van der Waals surface area contributed by atoms with Gasteiger partial charge in [0.05, 0.1) is 12.4 Å². The zero-order chi connectivity index (χ0) is 17.3. The summed E-state index contributed by atoms with van der Waals surface area (Å²) < 4.78 is 28.2. The lowest BCUT2D eigenvalue weighted by Crippen LogP contribution is -2.51. The van der Waals surface area contributed by atoms with Crippen molar-refractivity contribution in [2.24, 2.45) is 28.6 Å². The highest BCUT2D eigenvalue weighted by Gasteiger charge is 2.59. The molecular weight excluding hydrogens is 310 g/mol. The Morgan fingerprint density at radius 3 is 2.71 bits per heavy atom. The van der Waals surface area contributed by atoms with E-state index in [0.717, 1.165) is 25.7 Å². The SMILES string of the molecule is C[C@]12CC[C@H]3[C@@H](CC(=CF)C4=C(F)C(=O)C=C[C@@]43C)[C@@H]1CC[C@@H]2O. The number of hydrogen-bond donors (Lipinski definition) is 1. The first-order valence-electron chi connectivity index (χ1n) is 8.94. The molecule has 0 aliphatic heterocycles. The molecular formula is C20H24F2O2. The first-order chi connectivity index (χ1) is 11.3. The minimum atomic E-state index is -0.790. The minimum Gasteiger partial charge on any atom is -0.393 e. The van der Waals surface area contributed by atoms with Gasteiger partial charge in [0.15, 0.2) is 5.83 Å². The van der Waals surface area contributed by atoms with Crippen molar-refractivity contribution in [2.75, 3.05) is 0 Å². The van der Waals surface area contributed by atoms with Crippen LogP contribution in [0.3, 0.4) is 0 Å². The van der Waals surface area contributed by atoms with E-state index >= 15 is 0 Å². The number of carbonyl (C=O) groups excluding carboxylic acids is 1. The number of ketones is 1. The van der Waals surface area contributed by atoms with Crippen LogP contribution < -0.4 is 0 Å². The summed E-state index contributed by atoms with van der Waals surface area (Å²) in [5, 5.41) is 10.5. The Morgan fingerprint density at radius 1 is 1.25 bits per heavy atom. The first-order valence-corrected chi connectivity index (χ1v) is 8.94. The lowest BCUT2D eigenvalue weighted by Gasteiger charge is -2.56. The lowest BCUT2D eigenvalue weighted by molar-refractivity contribution is -0.113. The molecule has 0 spiro atoms. The molecule has 24 heavy (non-hydrogen) atoms. The van der Waals surface area contributed by atoms with Gasteiger partial charge in [-0.25, -0.2) is 8.78 Å². The number of carbonyl (C=O) groups is 1. The molecule has 0 amide bonds. The number of aliphatic hydroxyl groups excluding tert-OH is 1. The predicted molar refractivity (Wildman–Crippen MR) is 87.2 cm³/mol. The molecule has 130 valence electrons. The molecule has 4 aliphatic carbocycles. The highest BCUT2D eigenvalue weighted by molar-refractivity contribution is 6.05. The Bertz CT molecular complexity index is 692. The van der Waals surface area contributed by atoms with Crippen LogP contribution in [0.4, 0.5) is 8.78 Å². The van der Waals surface area contributed by atoms with Crippen molar-refractivity contribution in [1.82, 2.24) is 0 Å². The summed E-state index contributed by atoms with van der Waals surface area (Å²) in [7, 11) is 0. The molecule has 0 aromatic carbocycles. The molecule has 2 nitrogen and oxygen atoms in total. The maximum absolute atomic E-state index is 14.6. The molecule has 0 radical (unpaired) electrons. The van der Waals surface area contributed by atoms with E-state index in [1.807, 2.05) is 6.92 Å². The third-order valence-electron chi connectivity index (χ3n) is 7.62. The van der Waals surface area contributed by atoms with Gasteiger partial charge in [-0.15, -0.1) is 0 Å². The highest BCUT2D eigenvalue weighted by Crippen LogP contribution is 2.65. The predicted octanol–water partition coefficient (Wildman–Crippen LogP) is 4.42. The van der Waals surface area contributed by atoms with Crippen molar-refractivity contribution in [1.29, 1.82) is 0 Å². The number of allylic oxidation sites excluding steroid dienone is 5. The van der Waals surface area contributed by atoms with E-state index in [0.29, 0.717) is 24.2 Å². The van der Waals surface area contributed by atoms with Gasteiger partial charge in [-0.2, -0.15) is 0 Å². The molecule has 4 rings (SSSR count). The average molecular weight is 334 g/mol. The van der Waals surface area contributed by atoms with Gasteiger partial charge in [0.1, 0.15) is 0 Å². The number of hydrogen-bond acceptors (Lipinski definition) is 2. The molecule has 4 heteroatoms. The van der Waals surface area contributed by atoms with Crippen LogP contribution in [0, 0.1) is 28.6 Å². The van der Waals surface area contributed by atoms with Crippen molar-refractivity contribution < 1.29 is 18.7 Å². The van der Waals surface area contributed by atoms with Crippen LogP contribution in [0.5, 0.6) is 0 Å². The molecule has 0 heterocycles. The largest absolute Gasteiger partial charge is 0.393 e. The zero-order valence-electron chi connectivity index (χ0n) is 14.2. The molecule has 3 saturated carbocycles. The van der Waals surface area contributed by atoms with Crippen LogP contribution in [0.25, 0.3) is 0 Å². The third kappa shape index (κ3) is 1.86. The monoisotopic (exact) mass is 334 g/mol. The van der Waals surface area contributed by atoms with E-state index in [-0.39, 0.29) is 28.9 Å². The fourth-order valence-electron chi connectivity index (χ4n) is 6.31. The highest BCUT2D eigenvalue weighted by atomic mass is 19.1. The average Bonchev–Trinajstić information content (AvgIpc) is 2.86. The number of aliphatic hydroxyl groups is 1. The van der Waals surface area contributed by atoms with Gasteiger partial charge in [-0.1, -0.05) is 19.9 Å². The van der Waals surface area contributed by atoms with E-state index in [4.69, 9.17) is 0 Å². The van der Waals surface area contributed by atoms with Crippen molar-refractivity contribution in [3.63, 3.8) is 0 Å². The first kappa shape index (κ1) is 16.2. The Balaban J connectivity index is 1.82. The van der Waals surface area contributed by atoms with Crippen LogP contribution in [-0.2, 0) is 4.79 Å². The molecule has 0 aromatic rings. The summed E-state index contributed by atoms with van der Waals surface area (Å²) in [6, 6.07) is 0. The Hall–Kier alpha value is -1.29. The summed E-state index contributed by atoms with van der Waals surface area (Å²) in [5.74, 6) is -0.704. The summed E-state index contributed by atoms with van der Waals surface area (Å²) in [4.78, 5) is 11.8. The van der Waals surface area contributed by atoms with Gasteiger partial charge in [-0.05, 0) is 66.9 Å². The standard InChI is InChI=1S/C20H24F2O2/c1-19-7-5-14-12(13(19)3-4-16(19)24)9-11(10-21)17-18(22)15(23)6-8-20(14,17)2/h6,8,10,12-14,16,24H,3-5,7,9H2,1-2H3/t12-,13-,14-,16-,19-,20+/m0/s1. The van der Waals surface area contributed by atoms with Crippen molar-refractivity contribution >= 4 is 5.78 Å². The second-order valence-electron chi connectivity index (χ2n) is 8.52.